The van der Waals surface area contributed by atoms with Gasteiger partial charge in [0.1, 0.15) is 21.8 Å². The second-order valence-electron chi connectivity index (χ2n) is 8.20. The Kier molecular flexibility index (Phi) is 6.22. The molecule has 3 aliphatic heterocycles. The van der Waals surface area contributed by atoms with Crippen molar-refractivity contribution in [1.29, 1.82) is 5.26 Å². The minimum Gasteiger partial charge on any atom is -0.357 e. The highest BCUT2D eigenvalue weighted by atomic mass is 32.2. The molecule has 170 valence electrons. The van der Waals surface area contributed by atoms with E-state index >= 15 is 0 Å². The number of pyridine rings is 1. The van der Waals surface area contributed by atoms with Gasteiger partial charge >= 0.3 is 0 Å². The number of carbonyl (C=O) groups excluding carboxylic acids is 1. The average Bonchev–Trinajstić information content (AvgIpc) is 3.44. The van der Waals surface area contributed by atoms with Crippen molar-refractivity contribution in [3.05, 3.63) is 31.9 Å². The summed E-state index contributed by atoms with van der Waals surface area (Å²) in [5, 5.41) is 9.63. The first kappa shape index (κ1) is 23.0. The van der Waals surface area contributed by atoms with Crippen LogP contribution in [0.15, 0.2) is 9.70 Å². The third-order valence-electron chi connectivity index (χ3n) is 6.24. The van der Waals surface area contributed by atoms with Crippen LogP contribution in [-0.4, -0.2) is 58.7 Å². The number of sulfone groups is 1. The van der Waals surface area contributed by atoms with Gasteiger partial charge in [-0.25, -0.2) is 8.42 Å². The highest BCUT2D eigenvalue weighted by Crippen LogP contribution is 2.38. The Morgan fingerprint density at radius 3 is 2.53 bits per heavy atom. The molecule has 3 aliphatic rings. The second-order valence-corrected chi connectivity index (χ2v) is 12.1. The van der Waals surface area contributed by atoms with E-state index in [-0.39, 0.29) is 28.5 Å². The van der Waals surface area contributed by atoms with E-state index in [1.807, 2.05) is 13.0 Å². The maximum atomic E-state index is 13.2. The van der Waals surface area contributed by atoms with Gasteiger partial charge in [0.05, 0.1) is 22.5 Å². The Labute approximate surface area is 196 Å². The monoisotopic (exact) mass is 492 g/mol. The fourth-order valence-electron chi connectivity index (χ4n) is 4.61. The third-order valence-corrected chi connectivity index (χ3v) is 9.32. The van der Waals surface area contributed by atoms with E-state index in [0.29, 0.717) is 33.3 Å². The van der Waals surface area contributed by atoms with Gasteiger partial charge in [0.25, 0.3) is 11.5 Å². The summed E-state index contributed by atoms with van der Waals surface area (Å²) < 4.78 is 25.8. The lowest BCUT2D eigenvalue weighted by atomic mass is 10.0. The molecule has 0 aliphatic carbocycles. The molecule has 0 N–H and O–H groups in total. The number of anilines is 1. The van der Waals surface area contributed by atoms with Crippen molar-refractivity contribution in [2.24, 2.45) is 0 Å². The number of thiocarbonyl (C=S) groups is 1. The molecular formula is C21H24N4O4S3. The summed E-state index contributed by atoms with van der Waals surface area (Å²) in [4.78, 5) is 30.1. The molecule has 1 unspecified atom stereocenters. The lowest BCUT2D eigenvalue weighted by Gasteiger charge is -2.26. The van der Waals surface area contributed by atoms with Crippen LogP contribution in [0.25, 0.3) is 6.08 Å². The fraction of sp³-hybridized carbons (Fsp3) is 0.524. The number of nitriles is 1. The summed E-state index contributed by atoms with van der Waals surface area (Å²) in [5.41, 5.74) is 0.955. The molecule has 32 heavy (non-hydrogen) atoms. The molecule has 0 saturated carbocycles. The number of amides is 1. The summed E-state index contributed by atoms with van der Waals surface area (Å²) in [7, 11) is -3.17. The van der Waals surface area contributed by atoms with Gasteiger partial charge in [-0.15, -0.1) is 0 Å². The minimum atomic E-state index is -3.17. The van der Waals surface area contributed by atoms with Crippen LogP contribution in [0.5, 0.6) is 0 Å². The Morgan fingerprint density at radius 2 is 1.97 bits per heavy atom. The summed E-state index contributed by atoms with van der Waals surface area (Å²) in [5.74, 6) is 0.380. The standard InChI is InChI=1S/C21H24N4O4S3/c1-3-24-18(23-7-4-5-8-23)15(13(2)16(11-22)19(24)26)10-17-20(27)25(21(30)31-17)14-6-9-32(28,29)12-14/h10,14H,3-9,12H2,1-2H3/b17-10+. The lowest BCUT2D eigenvalue weighted by Crippen LogP contribution is -2.39. The SMILES string of the molecule is CCn1c(N2CCCC2)c(/C=C2/SC(=S)N(C3CCS(=O)(=O)C3)C2=O)c(C)c(C#N)c1=O. The molecule has 1 amide bonds. The van der Waals surface area contributed by atoms with Crippen molar-refractivity contribution in [3.63, 3.8) is 0 Å². The fourth-order valence-corrected chi connectivity index (χ4v) is 7.69. The van der Waals surface area contributed by atoms with Crippen molar-refractivity contribution in [3.8, 4) is 6.07 Å². The number of hydrogen-bond acceptors (Lipinski definition) is 8. The van der Waals surface area contributed by atoms with E-state index in [1.165, 1.54) is 4.90 Å². The molecule has 4 rings (SSSR count). The van der Waals surface area contributed by atoms with Crippen LogP contribution in [0.4, 0.5) is 5.82 Å². The first-order chi connectivity index (χ1) is 15.2. The molecular weight excluding hydrogens is 468 g/mol. The van der Waals surface area contributed by atoms with Gasteiger partial charge in [-0.1, -0.05) is 24.0 Å². The molecule has 11 heteroatoms. The third kappa shape index (κ3) is 3.89. The quantitative estimate of drug-likeness (QED) is 0.465. The Balaban J connectivity index is 1.83. The number of aromatic nitrogens is 1. The Bertz CT molecular complexity index is 1240. The van der Waals surface area contributed by atoms with Crippen molar-refractivity contribution >= 4 is 55.9 Å². The normalized spacial score (nSPS) is 24.0. The molecule has 0 spiro atoms. The summed E-state index contributed by atoms with van der Waals surface area (Å²) in [6.45, 7) is 5.59. The van der Waals surface area contributed by atoms with Gasteiger partial charge in [0, 0.05) is 25.2 Å². The zero-order valence-corrected chi connectivity index (χ0v) is 20.4. The number of hydrogen-bond donors (Lipinski definition) is 0. The van der Waals surface area contributed by atoms with Crippen LogP contribution in [0.2, 0.25) is 0 Å². The van der Waals surface area contributed by atoms with Crippen LogP contribution >= 0.6 is 24.0 Å². The van der Waals surface area contributed by atoms with E-state index in [1.54, 1.807) is 17.6 Å². The zero-order valence-electron chi connectivity index (χ0n) is 18.0. The number of thioether (sulfide) groups is 1. The summed E-state index contributed by atoms with van der Waals surface area (Å²) in [6.07, 6.45) is 4.11. The molecule has 3 saturated heterocycles. The first-order valence-electron chi connectivity index (χ1n) is 10.6. The molecule has 8 nitrogen and oxygen atoms in total. The summed E-state index contributed by atoms with van der Waals surface area (Å²) >= 11 is 6.57. The van der Waals surface area contributed by atoms with E-state index in [4.69, 9.17) is 12.2 Å². The predicted octanol–water partition coefficient (Wildman–Crippen LogP) is 2.04. The van der Waals surface area contributed by atoms with Crippen molar-refractivity contribution in [2.45, 2.75) is 45.7 Å². The highest BCUT2D eigenvalue weighted by molar-refractivity contribution is 8.26. The van der Waals surface area contributed by atoms with Crippen molar-refractivity contribution < 1.29 is 13.2 Å². The molecule has 1 aromatic heterocycles. The molecule has 0 bridgehead atoms. The van der Waals surface area contributed by atoms with Crippen LogP contribution in [0.3, 0.4) is 0 Å². The number of nitrogens with zero attached hydrogens (tertiary/aromatic N) is 4. The van der Waals surface area contributed by atoms with E-state index in [0.717, 1.165) is 43.5 Å². The largest absolute Gasteiger partial charge is 0.357 e. The zero-order chi connectivity index (χ0) is 23.2. The van der Waals surface area contributed by atoms with Crippen molar-refractivity contribution in [1.82, 2.24) is 9.47 Å². The summed E-state index contributed by atoms with van der Waals surface area (Å²) in [6, 6.07) is 1.58. The Morgan fingerprint density at radius 1 is 1.28 bits per heavy atom. The first-order valence-corrected chi connectivity index (χ1v) is 13.6. The van der Waals surface area contributed by atoms with E-state index < -0.39 is 15.9 Å². The molecule has 4 heterocycles. The maximum Gasteiger partial charge on any atom is 0.270 e. The predicted molar refractivity (Wildman–Crippen MR) is 129 cm³/mol. The smallest absolute Gasteiger partial charge is 0.270 e. The molecule has 3 fully saturated rings. The van der Waals surface area contributed by atoms with Gasteiger partial charge in [-0.2, -0.15) is 5.26 Å². The highest BCUT2D eigenvalue weighted by Gasteiger charge is 2.42. The van der Waals surface area contributed by atoms with Gasteiger partial charge in [0.15, 0.2) is 9.84 Å². The lowest BCUT2D eigenvalue weighted by molar-refractivity contribution is -0.123. The van der Waals surface area contributed by atoms with E-state index in [2.05, 4.69) is 4.90 Å². The number of rotatable bonds is 4. The molecule has 1 aromatic rings. The minimum absolute atomic E-state index is 0.0545. The second kappa shape index (κ2) is 8.65. The van der Waals surface area contributed by atoms with Crippen LogP contribution in [-0.2, 0) is 21.2 Å². The van der Waals surface area contributed by atoms with Crippen molar-refractivity contribution in [2.75, 3.05) is 29.5 Å². The average molecular weight is 493 g/mol. The van der Waals surface area contributed by atoms with Crippen LogP contribution in [0, 0.1) is 18.3 Å². The molecule has 0 radical (unpaired) electrons. The van der Waals surface area contributed by atoms with Gasteiger partial charge < -0.3 is 4.90 Å². The molecule has 0 aromatic carbocycles. The Hall–Kier alpha value is -2.16. The van der Waals surface area contributed by atoms with Crippen LogP contribution in [0.1, 0.15) is 42.9 Å². The number of carbonyl (C=O) groups is 1. The van der Waals surface area contributed by atoms with Gasteiger partial charge in [-0.3, -0.25) is 19.1 Å². The van der Waals surface area contributed by atoms with Gasteiger partial charge in [-0.05, 0) is 44.7 Å². The molecule has 1 atom stereocenters. The van der Waals surface area contributed by atoms with E-state index in [9.17, 15) is 23.3 Å². The van der Waals surface area contributed by atoms with Crippen LogP contribution < -0.4 is 10.5 Å². The topological polar surface area (TPSA) is 103 Å². The van der Waals surface area contributed by atoms with Gasteiger partial charge in [0.2, 0.25) is 0 Å². The maximum absolute atomic E-state index is 13.2.